The Bertz CT molecular complexity index is 1140. The molecule has 1 amide bonds. The van der Waals surface area contributed by atoms with Crippen LogP contribution in [0, 0.1) is 5.92 Å². The first-order chi connectivity index (χ1) is 20.7. The van der Waals surface area contributed by atoms with E-state index in [9.17, 15) is 4.79 Å². The standard InChI is InChI=1S/C39H60N2O2/c1-8-29(6)38-18-17-33(25-35(38)27-40-20-22-43-23-21-40)34(26-36(9-2)41-19-11-12-39(41)42)24-30(7)31-13-15-32(16-14-31)37(10-3)28(4)5/h13-18,25,28-30,34,36-37H,8-12,19-24,26-27H2,1-7H3. The first-order valence-corrected chi connectivity index (χ1v) is 17.6. The fourth-order valence-electron chi connectivity index (χ4n) is 7.71. The Morgan fingerprint density at radius 3 is 2.02 bits per heavy atom. The Kier molecular flexibility index (Phi) is 12.7. The van der Waals surface area contributed by atoms with Crippen LogP contribution in [-0.2, 0) is 16.1 Å². The molecule has 43 heavy (non-hydrogen) atoms. The highest BCUT2D eigenvalue weighted by Gasteiger charge is 2.30. The number of hydrogen-bond donors (Lipinski definition) is 0. The maximum Gasteiger partial charge on any atom is 0.222 e. The van der Waals surface area contributed by atoms with Gasteiger partial charge in [-0.15, -0.1) is 0 Å². The van der Waals surface area contributed by atoms with E-state index in [2.05, 4.69) is 101 Å². The summed E-state index contributed by atoms with van der Waals surface area (Å²) in [7, 11) is 0. The molecular formula is C39H60N2O2. The number of nitrogens with zero attached hydrogens (tertiary/aromatic N) is 2. The molecule has 0 radical (unpaired) electrons. The van der Waals surface area contributed by atoms with Crippen LogP contribution in [0.2, 0.25) is 0 Å². The summed E-state index contributed by atoms with van der Waals surface area (Å²) < 4.78 is 5.66. The smallest absolute Gasteiger partial charge is 0.222 e. The van der Waals surface area contributed by atoms with Crippen LogP contribution in [0.25, 0.3) is 0 Å². The van der Waals surface area contributed by atoms with Crippen molar-refractivity contribution >= 4 is 5.91 Å². The summed E-state index contributed by atoms with van der Waals surface area (Å²) in [5.41, 5.74) is 7.34. The molecule has 0 bridgehead atoms. The maximum absolute atomic E-state index is 12.8. The van der Waals surface area contributed by atoms with Gasteiger partial charge in [0.25, 0.3) is 0 Å². The summed E-state index contributed by atoms with van der Waals surface area (Å²) in [6.07, 6.45) is 7.20. The second-order valence-corrected chi connectivity index (χ2v) is 13.9. The van der Waals surface area contributed by atoms with Crippen molar-refractivity contribution in [3.8, 4) is 0 Å². The third-order valence-corrected chi connectivity index (χ3v) is 10.7. The van der Waals surface area contributed by atoms with Crippen molar-refractivity contribution in [2.24, 2.45) is 5.92 Å². The van der Waals surface area contributed by atoms with E-state index in [1.165, 1.54) is 34.2 Å². The SMILES string of the molecule is CCC(C)c1ccc(C(CC(C)c2ccc(C(CC)C(C)C)cc2)CC(CC)N2CCCC2=O)cc1CN1CCOCC1. The Morgan fingerprint density at radius 2 is 1.44 bits per heavy atom. The molecule has 0 spiro atoms. The van der Waals surface area contributed by atoms with Crippen LogP contribution in [0.15, 0.2) is 42.5 Å². The third kappa shape index (κ3) is 8.72. The molecule has 4 rings (SSSR count). The highest BCUT2D eigenvalue weighted by Crippen LogP contribution is 2.38. The molecule has 0 saturated carbocycles. The van der Waals surface area contributed by atoms with E-state index in [1.807, 2.05) is 0 Å². The zero-order chi connectivity index (χ0) is 30.9. The van der Waals surface area contributed by atoms with Crippen molar-refractivity contribution in [2.75, 3.05) is 32.8 Å². The van der Waals surface area contributed by atoms with Crippen molar-refractivity contribution in [1.82, 2.24) is 9.80 Å². The minimum absolute atomic E-state index is 0.308. The first kappa shape index (κ1) is 33.7. The fraction of sp³-hybridized carbons (Fsp3) is 0.667. The summed E-state index contributed by atoms with van der Waals surface area (Å²) in [4.78, 5) is 17.6. The van der Waals surface area contributed by atoms with E-state index in [0.29, 0.717) is 48.0 Å². The van der Waals surface area contributed by atoms with Crippen molar-refractivity contribution in [2.45, 2.75) is 130 Å². The number of morpholine rings is 1. The van der Waals surface area contributed by atoms with Gasteiger partial charge in [-0.3, -0.25) is 9.69 Å². The number of amides is 1. The zero-order valence-electron chi connectivity index (χ0n) is 28.4. The normalized spacial score (nSPS) is 19.9. The Hall–Kier alpha value is -2.17. The maximum atomic E-state index is 12.8. The summed E-state index contributed by atoms with van der Waals surface area (Å²) >= 11 is 0. The molecule has 2 aliphatic rings. The van der Waals surface area contributed by atoms with Gasteiger partial charge in [0, 0.05) is 38.6 Å². The molecule has 2 fully saturated rings. The monoisotopic (exact) mass is 588 g/mol. The first-order valence-electron chi connectivity index (χ1n) is 17.6. The van der Waals surface area contributed by atoms with Gasteiger partial charge in [0.05, 0.1) is 13.2 Å². The minimum atomic E-state index is 0.308. The molecular weight excluding hydrogens is 528 g/mol. The van der Waals surface area contributed by atoms with E-state index in [-0.39, 0.29) is 0 Å². The van der Waals surface area contributed by atoms with Gasteiger partial charge in [0.15, 0.2) is 0 Å². The number of likely N-dealkylation sites (tertiary alicyclic amines) is 1. The van der Waals surface area contributed by atoms with Crippen LogP contribution in [0.5, 0.6) is 0 Å². The van der Waals surface area contributed by atoms with Gasteiger partial charge in [-0.05, 0) is 95.9 Å². The molecule has 2 aliphatic heterocycles. The molecule has 2 saturated heterocycles. The summed E-state index contributed by atoms with van der Waals surface area (Å²) in [5, 5.41) is 0. The largest absolute Gasteiger partial charge is 0.379 e. The molecule has 5 unspecified atom stereocenters. The number of ether oxygens (including phenoxy) is 1. The summed E-state index contributed by atoms with van der Waals surface area (Å²) in [5.74, 6) is 3.02. The zero-order valence-corrected chi connectivity index (χ0v) is 28.4. The number of hydrogen-bond acceptors (Lipinski definition) is 3. The summed E-state index contributed by atoms with van der Waals surface area (Å²) in [6, 6.07) is 17.3. The Labute approximate surface area is 263 Å². The minimum Gasteiger partial charge on any atom is -0.379 e. The number of carbonyl (C=O) groups is 1. The van der Waals surface area contributed by atoms with Crippen LogP contribution in [0.4, 0.5) is 0 Å². The van der Waals surface area contributed by atoms with Gasteiger partial charge in [-0.1, -0.05) is 90.9 Å². The fourth-order valence-corrected chi connectivity index (χ4v) is 7.71. The Balaban J connectivity index is 1.64. The van der Waals surface area contributed by atoms with Crippen LogP contribution < -0.4 is 0 Å². The van der Waals surface area contributed by atoms with E-state index >= 15 is 0 Å². The van der Waals surface area contributed by atoms with Crippen molar-refractivity contribution in [3.05, 3.63) is 70.3 Å². The van der Waals surface area contributed by atoms with Gasteiger partial charge in [0.1, 0.15) is 0 Å². The highest BCUT2D eigenvalue weighted by molar-refractivity contribution is 5.78. The third-order valence-electron chi connectivity index (χ3n) is 10.7. The van der Waals surface area contributed by atoms with Crippen LogP contribution >= 0.6 is 0 Å². The van der Waals surface area contributed by atoms with Crippen LogP contribution in [0.3, 0.4) is 0 Å². The molecule has 0 N–H and O–H groups in total. The van der Waals surface area contributed by atoms with Crippen LogP contribution in [0.1, 0.15) is 145 Å². The van der Waals surface area contributed by atoms with Gasteiger partial charge < -0.3 is 9.64 Å². The lowest BCUT2D eigenvalue weighted by Gasteiger charge is -2.33. The summed E-state index contributed by atoms with van der Waals surface area (Å²) in [6.45, 7) is 21.9. The predicted molar refractivity (Wildman–Crippen MR) is 181 cm³/mol. The Morgan fingerprint density at radius 1 is 0.767 bits per heavy atom. The van der Waals surface area contributed by atoms with Crippen molar-refractivity contribution < 1.29 is 9.53 Å². The van der Waals surface area contributed by atoms with E-state index in [0.717, 1.165) is 71.5 Å². The van der Waals surface area contributed by atoms with Gasteiger partial charge >= 0.3 is 0 Å². The van der Waals surface area contributed by atoms with E-state index < -0.39 is 0 Å². The van der Waals surface area contributed by atoms with E-state index in [4.69, 9.17) is 4.74 Å². The topological polar surface area (TPSA) is 32.8 Å². The average Bonchev–Trinajstić information content (AvgIpc) is 3.45. The molecule has 0 aromatic heterocycles. The lowest BCUT2D eigenvalue weighted by Crippen LogP contribution is -2.37. The van der Waals surface area contributed by atoms with Crippen LogP contribution in [-0.4, -0.2) is 54.6 Å². The quantitative estimate of drug-likeness (QED) is 0.208. The number of carbonyl (C=O) groups excluding carboxylic acids is 1. The van der Waals surface area contributed by atoms with Crippen molar-refractivity contribution in [3.63, 3.8) is 0 Å². The lowest BCUT2D eigenvalue weighted by atomic mass is 9.79. The molecule has 0 aliphatic carbocycles. The van der Waals surface area contributed by atoms with E-state index in [1.54, 1.807) is 0 Å². The van der Waals surface area contributed by atoms with Gasteiger partial charge in [0.2, 0.25) is 5.91 Å². The molecule has 2 heterocycles. The number of benzene rings is 2. The average molecular weight is 589 g/mol. The molecule has 5 atom stereocenters. The van der Waals surface area contributed by atoms with Gasteiger partial charge in [-0.25, -0.2) is 0 Å². The second-order valence-electron chi connectivity index (χ2n) is 13.9. The number of rotatable bonds is 15. The second kappa shape index (κ2) is 16.2. The highest BCUT2D eigenvalue weighted by atomic mass is 16.5. The molecule has 238 valence electrons. The molecule has 4 nitrogen and oxygen atoms in total. The van der Waals surface area contributed by atoms with Gasteiger partial charge in [-0.2, -0.15) is 0 Å². The molecule has 2 aromatic rings. The molecule has 4 heteroatoms. The lowest BCUT2D eigenvalue weighted by molar-refractivity contribution is -0.129. The molecule has 2 aromatic carbocycles. The van der Waals surface area contributed by atoms with Crippen molar-refractivity contribution in [1.29, 1.82) is 0 Å². The predicted octanol–water partition coefficient (Wildman–Crippen LogP) is 9.25.